The number of nitrogens with zero attached hydrogens (tertiary/aromatic N) is 1. The van der Waals surface area contributed by atoms with Crippen LogP contribution in [0.5, 0.6) is 0 Å². The monoisotopic (exact) mass is 219 g/mol. The molecule has 0 fully saturated rings. The van der Waals surface area contributed by atoms with E-state index in [-0.39, 0.29) is 18.4 Å². The van der Waals surface area contributed by atoms with Crippen LogP contribution in [0.15, 0.2) is 24.3 Å². The maximum absolute atomic E-state index is 11.2. The Balaban J connectivity index is 2.63. The molecule has 1 unspecified atom stereocenters. The molecule has 1 rings (SSSR count). The van der Waals surface area contributed by atoms with Crippen molar-refractivity contribution in [3.8, 4) is 6.07 Å². The largest absolute Gasteiger partial charge is 0.466 e. The van der Waals surface area contributed by atoms with Crippen molar-refractivity contribution in [3.05, 3.63) is 35.4 Å². The molecule has 0 heterocycles. The molecule has 0 saturated heterocycles. The highest BCUT2D eigenvalue weighted by molar-refractivity contribution is 5.70. The molecule has 1 aromatic carbocycles. The quantitative estimate of drug-likeness (QED) is 0.760. The Morgan fingerprint density at radius 3 is 2.62 bits per heavy atom. The van der Waals surface area contributed by atoms with Crippen molar-refractivity contribution in [2.24, 2.45) is 0 Å². The molecule has 1 atom stereocenters. The minimum absolute atomic E-state index is 0.133. The second kappa shape index (κ2) is 5.89. The normalized spacial score (nSPS) is 11.6. The van der Waals surface area contributed by atoms with Crippen molar-refractivity contribution in [2.75, 3.05) is 6.61 Å². The number of benzene rings is 1. The van der Waals surface area contributed by atoms with Crippen molar-refractivity contribution in [3.63, 3.8) is 0 Å². The minimum atomic E-state index is -0.244. The molecule has 0 aromatic heterocycles. The number of nitriles is 1. The molecule has 0 bridgehead atoms. The van der Waals surface area contributed by atoms with Crippen LogP contribution in [-0.2, 0) is 9.53 Å². The molecule has 0 spiro atoms. The van der Waals surface area contributed by atoms with Gasteiger partial charge in [-0.2, -0.15) is 5.26 Å². The molecule has 0 aliphatic rings. The highest BCUT2D eigenvalue weighted by Gasteiger charge is 2.15. The maximum atomic E-state index is 11.2. The van der Waals surface area contributed by atoms with Gasteiger partial charge in [-0.05, 0) is 19.1 Å². The second-order valence-corrected chi connectivity index (χ2v) is 3.44. The van der Waals surface area contributed by atoms with E-state index in [1.165, 1.54) is 0 Å². The van der Waals surface area contributed by atoms with E-state index < -0.39 is 0 Å². The van der Waals surface area contributed by atoms with Gasteiger partial charge in [0.05, 0.1) is 18.2 Å². The average molecular weight is 219 g/mol. The van der Waals surface area contributed by atoms with Crippen LogP contribution in [0.25, 0.3) is 0 Å². The standard InChI is InChI=1S/C12H14N2O2/c1-2-16-12(15)7-11(14)10-5-3-9(8-13)4-6-10/h3-6,11H,2,7,14H2,1H3/p+1. The first-order valence-electron chi connectivity index (χ1n) is 5.16. The molecule has 84 valence electrons. The van der Waals surface area contributed by atoms with E-state index in [2.05, 4.69) is 5.73 Å². The lowest BCUT2D eigenvalue weighted by molar-refractivity contribution is -0.425. The van der Waals surface area contributed by atoms with E-state index in [1.54, 1.807) is 19.1 Å². The number of rotatable bonds is 4. The summed E-state index contributed by atoms with van der Waals surface area (Å²) in [4.78, 5) is 11.2. The summed E-state index contributed by atoms with van der Waals surface area (Å²) in [6.45, 7) is 2.16. The van der Waals surface area contributed by atoms with E-state index in [0.717, 1.165) is 5.56 Å². The zero-order valence-electron chi connectivity index (χ0n) is 9.27. The van der Waals surface area contributed by atoms with Gasteiger partial charge in [0, 0.05) is 5.56 Å². The van der Waals surface area contributed by atoms with Crippen LogP contribution in [0.1, 0.15) is 30.5 Å². The van der Waals surface area contributed by atoms with Gasteiger partial charge in [0.15, 0.2) is 0 Å². The van der Waals surface area contributed by atoms with Crippen LogP contribution in [0.3, 0.4) is 0 Å². The summed E-state index contributed by atoms with van der Waals surface area (Å²) in [6, 6.07) is 8.98. The Bertz CT molecular complexity index is 392. The second-order valence-electron chi connectivity index (χ2n) is 3.44. The van der Waals surface area contributed by atoms with Gasteiger partial charge in [-0.15, -0.1) is 0 Å². The third-order valence-corrected chi connectivity index (χ3v) is 2.23. The SMILES string of the molecule is CCOC(=O)CC([NH3+])c1ccc(C#N)cc1. The molecule has 4 nitrogen and oxygen atoms in total. The Morgan fingerprint density at radius 1 is 1.50 bits per heavy atom. The maximum Gasteiger partial charge on any atom is 0.312 e. The van der Waals surface area contributed by atoms with Crippen molar-refractivity contribution in [1.29, 1.82) is 5.26 Å². The van der Waals surface area contributed by atoms with E-state index >= 15 is 0 Å². The van der Waals surface area contributed by atoms with Gasteiger partial charge in [0.25, 0.3) is 0 Å². The minimum Gasteiger partial charge on any atom is -0.466 e. The molecule has 3 N–H and O–H groups in total. The summed E-state index contributed by atoms with van der Waals surface area (Å²) in [7, 11) is 0. The predicted octanol–water partition coefficient (Wildman–Crippen LogP) is 0.794. The highest BCUT2D eigenvalue weighted by Crippen LogP contribution is 2.13. The molecule has 4 heteroatoms. The molecule has 0 aliphatic heterocycles. The van der Waals surface area contributed by atoms with Crippen LogP contribution < -0.4 is 5.73 Å². The lowest BCUT2D eigenvalue weighted by Gasteiger charge is -2.08. The third kappa shape index (κ3) is 3.37. The van der Waals surface area contributed by atoms with Crippen molar-refractivity contribution >= 4 is 5.97 Å². The fraction of sp³-hybridized carbons (Fsp3) is 0.333. The van der Waals surface area contributed by atoms with Gasteiger partial charge in [-0.25, -0.2) is 0 Å². The summed E-state index contributed by atoms with van der Waals surface area (Å²) in [6.07, 6.45) is 0.264. The molecule has 0 saturated carbocycles. The summed E-state index contributed by atoms with van der Waals surface area (Å²) in [5, 5.41) is 8.64. The van der Waals surface area contributed by atoms with Gasteiger partial charge in [-0.3, -0.25) is 4.79 Å². The number of carbonyl (C=O) groups is 1. The number of hydrogen-bond acceptors (Lipinski definition) is 3. The first-order valence-corrected chi connectivity index (χ1v) is 5.16. The van der Waals surface area contributed by atoms with Crippen LogP contribution in [0.4, 0.5) is 0 Å². The lowest BCUT2D eigenvalue weighted by Crippen LogP contribution is -2.54. The number of carbonyl (C=O) groups excluding carboxylic acids is 1. The van der Waals surface area contributed by atoms with Gasteiger partial charge < -0.3 is 10.5 Å². The number of ether oxygens (including phenoxy) is 1. The zero-order valence-corrected chi connectivity index (χ0v) is 9.27. The first-order chi connectivity index (χ1) is 7.67. The van der Waals surface area contributed by atoms with Gasteiger partial charge >= 0.3 is 5.97 Å². The zero-order chi connectivity index (χ0) is 12.0. The molecule has 1 aromatic rings. The molecule has 0 aliphatic carbocycles. The first kappa shape index (κ1) is 12.2. The molecule has 0 radical (unpaired) electrons. The van der Waals surface area contributed by atoms with E-state index in [1.807, 2.05) is 18.2 Å². The van der Waals surface area contributed by atoms with E-state index in [0.29, 0.717) is 12.2 Å². The Morgan fingerprint density at radius 2 is 2.12 bits per heavy atom. The highest BCUT2D eigenvalue weighted by atomic mass is 16.5. The number of esters is 1. The number of quaternary nitrogens is 1. The Hall–Kier alpha value is -1.86. The van der Waals surface area contributed by atoms with Gasteiger partial charge in [0.1, 0.15) is 12.5 Å². The van der Waals surface area contributed by atoms with Crippen molar-refractivity contribution < 1.29 is 15.3 Å². The molecular weight excluding hydrogens is 204 g/mol. The predicted molar refractivity (Wildman–Crippen MR) is 58.0 cm³/mol. The molecule has 16 heavy (non-hydrogen) atoms. The fourth-order valence-electron chi connectivity index (χ4n) is 1.37. The fourth-order valence-corrected chi connectivity index (χ4v) is 1.37. The van der Waals surface area contributed by atoms with Crippen LogP contribution in [-0.4, -0.2) is 12.6 Å². The summed E-state index contributed by atoms with van der Waals surface area (Å²) >= 11 is 0. The third-order valence-electron chi connectivity index (χ3n) is 2.23. The Labute approximate surface area is 94.6 Å². The topological polar surface area (TPSA) is 77.7 Å². The molecule has 0 amide bonds. The van der Waals surface area contributed by atoms with Gasteiger partial charge in [-0.1, -0.05) is 12.1 Å². The Kier molecular flexibility index (Phi) is 4.49. The molecular formula is C12H15N2O2+. The van der Waals surface area contributed by atoms with Crippen LogP contribution in [0.2, 0.25) is 0 Å². The van der Waals surface area contributed by atoms with E-state index in [4.69, 9.17) is 10.00 Å². The number of hydrogen-bond donors (Lipinski definition) is 1. The summed E-state index contributed by atoms with van der Waals surface area (Å²) < 4.78 is 4.85. The summed E-state index contributed by atoms with van der Waals surface area (Å²) in [5.41, 5.74) is 5.44. The van der Waals surface area contributed by atoms with Crippen LogP contribution in [0, 0.1) is 11.3 Å². The van der Waals surface area contributed by atoms with Crippen LogP contribution >= 0.6 is 0 Å². The van der Waals surface area contributed by atoms with Crippen molar-refractivity contribution in [1.82, 2.24) is 0 Å². The lowest BCUT2D eigenvalue weighted by atomic mass is 10.0. The van der Waals surface area contributed by atoms with E-state index in [9.17, 15) is 4.79 Å². The average Bonchev–Trinajstić information content (AvgIpc) is 2.29. The van der Waals surface area contributed by atoms with Crippen molar-refractivity contribution in [2.45, 2.75) is 19.4 Å². The summed E-state index contributed by atoms with van der Waals surface area (Å²) in [5.74, 6) is -0.244. The van der Waals surface area contributed by atoms with Gasteiger partial charge in [0.2, 0.25) is 0 Å². The smallest absolute Gasteiger partial charge is 0.312 e.